The molecule has 0 unspecified atom stereocenters. The van der Waals surface area contributed by atoms with Gasteiger partial charge < -0.3 is 4.74 Å². The van der Waals surface area contributed by atoms with E-state index in [2.05, 4.69) is 87.8 Å². The third kappa shape index (κ3) is 247. The van der Waals surface area contributed by atoms with Gasteiger partial charge in [0.1, 0.15) is 6.61 Å². The van der Waals surface area contributed by atoms with Crippen molar-refractivity contribution in [3.8, 4) is 0 Å². The van der Waals surface area contributed by atoms with Crippen LogP contribution in [0.5, 0.6) is 0 Å². The van der Waals surface area contributed by atoms with Gasteiger partial charge in [0.25, 0.3) is 0 Å². The Morgan fingerprint density at radius 1 is 0.480 bits per heavy atom. The van der Waals surface area contributed by atoms with Crippen LogP contribution in [0.1, 0.15) is 104 Å². The lowest BCUT2D eigenvalue weighted by molar-refractivity contribution is -0.196. The van der Waals surface area contributed by atoms with E-state index < -0.39 is 18.4 Å². The Morgan fingerprint density at radius 2 is 0.640 bits per heavy atom. The molecule has 0 aromatic heterocycles. The molecule has 0 aliphatic carbocycles. The fraction of sp³-hybridized carbons (Fsp3) is 1.00. The van der Waals surface area contributed by atoms with Crippen LogP contribution in [0, 0.1) is 16.2 Å². The highest BCUT2D eigenvalue weighted by atomic mass is 19.4. The van der Waals surface area contributed by atoms with Crippen LogP contribution in [0.4, 0.5) is 13.2 Å². The minimum Gasteiger partial charge on any atom is -0.366 e. The van der Waals surface area contributed by atoms with Gasteiger partial charge in [0.2, 0.25) is 0 Å². The average molecular weight is 373 g/mol. The lowest BCUT2D eigenvalue weighted by Crippen LogP contribution is -2.27. The molecular weight excluding hydrogens is 325 g/mol. The molecule has 0 radical (unpaired) electrons. The molecule has 0 N–H and O–H groups in total. The summed E-state index contributed by atoms with van der Waals surface area (Å²) < 4.78 is 38.9. The lowest BCUT2D eigenvalue weighted by Gasteiger charge is -2.20. The zero-order valence-corrected chi connectivity index (χ0v) is 19.7. The van der Waals surface area contributed by atoms with Crippen molar-refractivity contribution in [1.82, 2.24) is 0 Å². The summed E-state index contributed by atoms with van der Waals surface area (Å²) in [5.41, 5.74) is 0.787. The molecular formula is C21H47F3O. The molecule has 0 fully saturated rings. The van der Waals surface area contributed by atoms with E-state index in [9.17, 15) is 13.2 Å². The number of hydrogen-bond acceptors (Lipinski definition) is 1. The molecule has 25 heavy (non-hydrogen) atoms. The van der Waals surface area contributed by atoms with Crippen LogP contribution >= 0.6 is 0 Å². The van der Waals surface area contributed by atoms with Crippen LogP contribution < -0.4 is 0 Å². The van der Waals surface area contributed by atoms with Gasteiger partial charge in [-0.05, 0) is 37.0 Å². The summed E-state index contributed by atoms with van der Waals surface area (Å²) in [6.45, 7) is 29.8. The van der Waals surface area contributed by atoms with Crippen molar-refractivity contribution in [3.05, 3.63) is 0 Å². The Kier molecular flexibility index (Phi) is 15.8. The molecule has 0 heterocycles. The number of ether oxygens (including phenoxy) is 1. The first-order chi connectivity index (χ1) is 10.2. The number of alkyl halides is 3. The maximum atomic E-state index is 11.5. The van der Waals surface area contributed by atoms with Crippen molar-refractivity contribution in [2.24, 2.45) is 16.2 Å². The third-order valence-corrected chi connectivity index (χ3v) is 0.669. The molecule has 0 saturated carbocycles. The minimum absolute atomic E-state index is 0.500. The fourth-order valence-corrected chi connectivity index (χ4v) is 0.298. The summed E-state index contributed by atoms with van der Waals surface area (Å²) in [6.07, 6.45) is -4.22. The molecule has 0 bridgehead atoms. The number of hydrogen-bond donors (Lipinski definition) is 0. The Labute approximate surface area is 157 Å². The predicted molar refractivity (Wildman–Crippen MR) is 107 cm³/mol. The van der Waals surface area contributed by atoms with E-state index in [0.717, 1.165) is 0 Å². The normalized spacial score (nSPS) is 12.7. The maximum Gasteiger partial charge on any atom is 0.411 e. The van der Waals surface area contributed by atoms with Gasteiger partial charge in [-0.25, -0.2) is 0 Å². The van der Waals surface area contributed by atoms with Gasteiger partial charge in [0, 0.05) is 0 Å². The van der Waals surface area contributed by atoms with Gasteiger partial charge in [-0.15, -0.1) is 0 Å². The van der Waals surface area contributed by atoms with Crippen LogP contribution in [-0.4, -0.2) is 18.4 Å². The van der Waals surface area contributed by atoms with Crippen LogP contribution in [0.25, 0.3) is 0 Å². The van der Waals surface area contributed by atoms with Gasteiger partial charge in [0.05, 0.1) is 5.60 Å². The van der Waals surface area contributed by atoms with Crippen LogP contribution in [-0.2, 0) is 4.74 Å². The van der Waals surface area contributed by atoms with E-state index in [0.29, 0.717) is 16.2 Å². The van der Waals surface area contributed by atoms with Gasteiger partial charge >= 0.3 is 6.18 Å². The van der Waals surface area contributed by atoms with Crippen LogP contribution in [0.15, 0.2) is 0 Å². The number of halogens is 3. The minimum atomic E-state index is -4.22. The van der Waals surface area contributed by atoms with E-state index in [4.69, 9.17) is 0 Å². The van der Waals surface area contributed by atoms with Gasteiger partial charge in [0.15, 0.2) is 0 Å². The SMILES string of the molecule is CC(C)(C)C.CC(C)(C)C.CC(C)(C)C.CC(C)(C)OCC(F)(F)F. The number of rotatable bonds is 1. The Hall–Kier alpha value is -0.250. The molecule has 4 heteroatoms. The van der Waals surface area contributed by atoms with E-state index in [1.807, 2.05) is 0 Å². The smallest absolute Gasteiger partial charge is 0.366 e. The van der Waals surface area contributed by atoms with E-state index in [1.54, 1.807) is 20.8 Å². The highest BCUT2D eigenvalue weighted by Crippen LogP contribution is 2.18. The first-order valence-electron chi connectivity index (χ1n) is 8.91. The average Bonchev–Trinajstić information content (AvgIpc) is 2.03. The summed E-state index contributed by atoms with van der Waals surface area (Å²) in [4.78, 5) is 0. The molecule has 0 saturated heterocycles. The summed E-state index contributed by atoms with van der Waals surface area (Å²) in [5, 5.41) is 0. The highest BCUT2D eigenvalue weighted by molar-refractivity contribution is 4.60. The summed E-state index contributed by atoms with van der Waals surface area (Å²) in [5.74, 6) is 0. The zero-order chi connectivity index (χ0) is 21.9. The molecule has 0 rings (SSSR count). The second-order valence-electron chi connectivity index (χ2n) is 12.0. The molecule has 0 aromatic rings. The second kappa shape index (κ2) is 12.2. The topological polar surface area (TPSA) is 9.23 Å². The van der Waals surface area contributed by atoms with Crippen LogP contribution in [0.2, 0.25) is 0 Å². The molecule has 0 spiro atoms. The Balaban J connectivity index is -0.000000126. The molecule has 1 nitrogen and oxygen atoms in total. The second-order valence-corrected chi connectivity index (χ2v) is 12.0. The van der Waals surface area contributed by atoms with Crippen LogP contribution in [0.3, 0.4) is 0 Å². The molecule has 0 atom stereocenters. The molecule has 0 aromatic carbocycles. The van der Waals surface area contributed by atoms with Crippen molar-refractivity contribution >= 4 is 0 Å². The largest absolute Gasteiger partial charge is 0.411 e. The summed E-state index contributed by atoms with van der Waals surface area (Å²) >= 11 is 0. The van der Waals surface area contributed by atoms with E-state index in [-0.39, 0.29) is 0 Å². The standard InChI is InChI=1S/C6H11F3O.3C5H12/c1-5(2,3)10-4-6(7,8)9;3*1-5(2,3)4/h4H2,1-3H3;3*1-4H3. The monoisotopic (exact) mass is 372 g/mol. The van der Waals surface area contributed by atoms with Gasteiger partial charge in [-0.2, -0.15) is 13.2 Å². The molecule has 0 aliphatic rings. The Morgan fingerprint density at radius 3 is 0.680 bits per heavy atom. The first kappa shape index (κ1) is 32.4. The summed E-state index contributed by atoms with van der Waals surface area (Å²) in [7, 11) is 0. The van der Waals surface area contributed by atoms with Crippen molar-refractivity contribution in [3.63, 3.8) is 0 Å². The first-order valence-corrected chi connectivity index (χ1v) is 8.91. The fourth-order valence-electron chi connectivity index (χ4n) is 0.298. The molecule has 158 valence electrons. The van der Waals surface area contributed by atoms with Gasteiger partial charge in [-0.1, -0.05) is 83.1 Å². The van der Waals surface area contributed by atoms with Gasteiger partial charge in [-0.3, -0.25) is 0 Å². The molecule has 0 amide bonds. The lowest BCUT2D eigenvalue weighted by atomic mass is 10.0. The zero-order valence-electron chi connectivity index (χ0n) is 19.7. The summed E-state index contributed by atoms with van der Waals surface area (Å²) in [6, 6.07) is 0. The molecule has 0 aliphatic heterocycles. The highest BCUT2D eigenvalue weighted by Gasteiger charge is 2.29. The maximum absolute atomic E-state index is 11.5. The van der Waals surface area contributed by atoms with Crippen molar-refractivity contribution in [2.45, 2.75) is 116 Å². The van der Waals surface area contributed by atoms with E-state index in [1.165, 1.54) is 0 Å². The van der Waals surface area contributed by atoms with Crippen molar-refractivity contribution < 1.29 is 17.9 Å². The predicted octanol–water partition coefficient (Wildman–Crippen LogP) is 8.52. The van der Waals surface area contributed by atoms with E-state index >= 15 is 0 Å². The Bertz CT molecular complexity index is 231. The third-order valence-electron chi connectivity index (χ3n) is 0.669. The van der Waals surface area contributed by atoms with Crippen molar-refractivity contribution in [2.75, 3.05) is 6.61 Å². The van der Waals surface area contributed by atoms with Crippen molar-refractivity contribution in [1.29, 1.82) is 0 Å². The quantitative estimate of drug-likeness (QED) is 0.448.